The first-order chi connectivity index (χ1) is 9.27. The number of hydrogen-bond donors (Lipinski definition) is 1. The van der Waals surface area contributed by atoms with Crippen molar-refractivity contribution in [3.05, 3.63) is 12.2 Å². The minimum Gasteiger partial charge on any atom is -0.371 e. The summed E-state index contributed by atoms with van der Waals surface area (Å²) in [5, 5.41) is 3.18. The third kappa shape index (κ3) is 2.94. The minimum atomic E-state index is -0.0257. The number of urea groups is 1. The molecule has 2 fully saturated rings. The fraction of sp³-hybridized carbons (Fsp3) is 0.800. The van der Waals surface area contributed by atoms with Crippen LogP contribution in [0.4, 0.5) is 4.79 Å². The summed E-state index contributed by atoms with van der Waals surface area (Å²) in [6.07, 6.45) is 12.2. The average Bonchev–Trinajstić information content (AvgIpc) is 2.88. The van der Waals surface area contributed by atoms with Gasteiger partial charge in [0.15, 0.2) is 0 Å². The van der Waals surface area contributed by atoms with E-state index >= 15 is 0 Å². The number of nitrogens with one attached hydrogen (secondary N) is 1. The van der Waals surface area contributed by atoms with Gasteiger partial charge in [-0.15, -0.1) is 0 Å². The van der Waals surface area contributed by atoms with E-state index in [1.54, 1.807) is 0 Å². The highest BCUT2D eigenvalue weighted by atomic mass is 16.5. The van der Waals surface area contributed by atoms with Crippen LogP contribution in [0.1, 0.15) is 44.9 Å². The zero-order valence-electron chi connectivity index (χ0n) is 11.6. The van der Waals surface area contributed by atoms with Gasteiger partial charge in [0.1, 0.15) is 0 Å². The Morgan fingerprint density at radius 3 is 2.89 bits per heavy atom. The van der Waals surface area contributed by atoms with Crippen LogP contribution in [0.2, 0.25) is 0 Å². The zero-order valence-corrected chi connectivity index (χ0v) is 11.6. The van der Waals surface area contributed by atoms with Crippen LogP contribution in [0.5, 0.6) is 0 Å². The van der Waals surface area contributed by atoms with Crippen LogP contribution in [0.3, 0.4) is 0 Å². The number of hydrogen-bond acceptors (Lipinski definition) is 2. The molecule has 0 unspecified atom stereocenters. The van der Waals surface area contributed by atoms with Gasteiger partial charge in [-0.25, -0.2) is 4.79 Å². The maximum atomic E-state index is 12.3. The Hall–Kier alpha value is -1.03. The van der Waals surface area contributed by atoms with Crippen molar-refractivity contribution in [2.45, 2.75) is 56.6 Å². The van der Waals surface area contributed by atoms with Crippen LogP contribution >= 0.6 is 0 Å². The van der Waals surface area contributed by atoms with E-state index in [2.05, 4.69) is 17.5 Å². The summed E-state index contributed by atoms with van der Waals surface area (Å²) in [4.78, 5) is 14.3. The summed E-state index contributed by atoms with van der Waals surface area (Å²) >= 11 is 0. The molecule has 4 nitrogen and oxygen atoms in total. The van der Waals surface area contributed by atoms with Crippen molar-refractivity contribution in [1.29, 1.82) is 0 Å². The van der Waals surface area contributed by atoms with Crippen molar-refractivity contribution >= 4 is 6.03 Å². The maximum Gasteiger partial charge on any atom is 0.317 e. The van der Waals surface area contributed by atoms with E-state index in [1.807, 2.05) is 4.90 Å². The largest absolute Gasteiger partial charge is 0.371 e. The minimum absolute atomic E-state index is 0.0257. The zero-order chi connectivity index (χ0) is 13.1. The van der Waals surface area contributed by atoms with E-state index < -0.39 is 0 Å². The van der Waals surface area contributed by atoms with Crippen molar-refractivity contribution < 1.29 is 9.53 Å². The van der Waals surface area contributed by atoms with Crippen LogP contribution in [0.25, 0.3) is 0 Å². The number of morpholine rings is 1. The van der Waals surface area contributed by atoms with E-state index in [0.717, 1.165) is 45.2 Å². The molecule has 0 aromatic carbocycles. The highest BCUT2D eigenvalue weighted by molar-refractivity contribution is 5.74. The molecule has 19 heavy (non-hydrogen) atoms. The predicted octanol–water partition coefficient (Wildman–Crippen LogP) is 2.45. The van der Waals surface area contributed by atoms with Gasteiger partial charge in [0.05, 0.1) is 18.8 Å². The van der Waals surface area contributed by atoms with Gasteiger partial charge in [0.2, 0.25) is 0 Å². The average molecular weight is 264 g/mol. The molecule has 1 atom stereocenters. The Labute approximate surface area is 115 Å². The summed E-state index contributed by atoms with van der Waals surface area (Å²) in [6.45, 7) is 2.20. The van der Waals surface area contributed by atoms with Crippen LogP contribution in [-0.4, -0.2) is 42.3 Å². The summed E-state index contributed by atoms with van der Waals surface area (Å²) < 4.78 is 5.96. The lowest BCUT2D eigenvalue weighted by molar-refractivity contribution is -0.0927. The lowest BCUT2D eigenvalue weighted by Gasteiger charge is -2.41. The highest BCUT2D eigenvalue weighted by Gasteiger charge is 2.40. The van der Waals surface area contributed by atoms with Gasteiger partial charge in [0.25, 0.3) is 0 Å². The second-order valence-corrected chi connectivity index (χ2v) is 6.09. The molecule has 3 aliphatic rings. The smallest absolute Gasteiger partial charge is 0.317 e. The molecule has 1 heterocycles. The molecule has 2 aliphatic carbocycles. The Bertz CT molecular complexity index is 361. The molecule has 2 amide bonds. The fourth-order valence-electron chi connectivity index (χ4n) is 3.53. The summed E-state index contributed by atoms with van der Waals surface area (Å²) in [5.41, 5.74) is -0.0257. The van der Waals surface area contributed by atoms with Crippen LogP contribution in [-0.2, 0) is 4.74 Å². The highest BCUT2D eigenvalue weighted by Crippen LogP contribution is 2.35. The number of amides is 2. The molecule has 106 valence electrons. The summed E-state index contributed by atoms with van der Waals surface area (Å²) in [6, 6.07) is 0.426. The SMILES string of the molecule is O=C(N[C@@H]1CC=CCC1)N1CCOC2(CCCC2)C1. The first kappa shape index (κ1) is 13.0. The van der Waals surface area contributed by atoms with Gasteiger partial charge in [0, 0.05) is 12.6 Å². The number of carbonyl (C=O) groups is 1. The van der Waals surface area contributed by atoms with Crippen molar-refractivity contribution in [2.24, 2.45) is 0 Å². The van der Waals surface area contributed by atoms with Crippen LogP contribution < -0.4 is 5.32 Å². The normalized spacial score (nSPS) is 29.7. The molecule has 1 aliphatic heterocycles. The Morgan fingerprint density at radius 1 is 1.32 bits per heavy atom. The molecule has 0 radical (unpaired) electrons. The van der Waals surface area contributed by atoms with Gasteiger partial charge < -0.3 is 15.0 Å². The van der Waals surface area contributed by atoms with Crippen molar-refractivity contribution in [1.82, 2.24) is 10.2 Å². The van der Waals surface area contributed by atoms with Gasteiger partial charge >= 0.3 is 6.03 Å². The molecular formula is C15H24N2O2. The van der Waals surface area contributed by atoms with Crippen LogP contribution in [0, 0.1) is 0 Å². The molecule has 3 rings (SSSR count). The molecule has 1 N–H and O–H groups in total. The number of rotatable bonds is 1. The van der Waals surface area contributed by atoms with Crippen molar-refractivity contribution in [2.75, 3.05) is 19.7 Å². The molecule has 4 heteroatoms. The third-order valence-corrected chi connectivity index (χ3v) is 4.65. The van der Waals surface area contributed by atoms with E-state index in [4.69, 9.17) is 4.74 Å². The van der Waals surface area contributed by atoms with Crippen molar-refractivity contribution in [3.8, 4) is 0 Å². The first-order valence-electron chi connectivity index (χ1n) is 7.62. The van der Waals surface area contributed by atoms with Gasteiger partial charge in [-0.2, -0.15) is 0 Å². The maximum absolute atomic E-state index is 12.3. The molecular weight excluding hydrogens is 240 g/mol. The molecule has 1 saturated carbocycles. The van der Waals surface area contributed by atoms with E-state index in [0.29, 0.717) is 12.6 Å². The Balaban J connectivity index is 1.55. The summed E-state index contributed by atoms with van der Waals surface area (Å²) in [7, 11) is 0. The quantitative estimate of drug-likeness (QED) is 0.739. The Morgan fingerprint density at radius 2 is 2.16 bits per heavy atom. The third-order valence-electron chi connectivity index (χ3n) is 4.65. The molecule has 1 spiro atoms. The van der Waals surface area contributed by atoms with E-state index in [-0.39, 0.29) is 11.6 Å². The number of carbonyl (C=O) groups excluding carboxylic acids is 1. The van der Waals surface area contributed by atoms with E-state index in [1.165, 1.54) is 12.8 Å². The predicted molar refractivity (Wildman–Crippen MR) is 74.0 cm³/mol. The van der Waals surface area contributed by atoms with Crippen molar-refractivity contribution in [3.63, 3.8) is 0 Å². The lowest BCUT2D eigenvalue weighted by Crippen LogP contribution is -2.56. The number of ether oxygens (including phenoxy) is 1. The van der Waals surface area contributed by atoms with E-state index in [9.17, 15) is 4.79 Å². The molecule has 0 bridgehead atoms. The summed E-state index contributed by atoms with van der Waals surface area (Å²) in [5.74, 6) is 0. The number of allylic oxidation sites excluding steroid dienone is 1. The van der Waals surface area contributed by atoms with Gasteiger partial charge in [-0.3, -0.25) is 0 Å². The molecule has 0 aromatic rings. The van der Waals surface area contributed by atoms with Gasteiger partial charge in [-0.05, 0) is 32.1 Å². The molecule has 0 aromatic heterocycles. The topological polar surface area (TPSA) is 41.6 Å². The second-order valence-electron chi connectivity index (χ2n) is 6.09. The standard InChI is InChI=1S/C15H24N2O2/c18-14(16-13-6-2-1-3-7-13)17-10-11-19-15(12-17)8-4-5-9-15/h1-2,13H,3-12H2,(H,16,18)/t13-/m1/s1. The Kier molecular flexibility index (Phi) is 3.78. The first-order valence-corrected chi connectivity index (χ1v) is 7.62. The van der Waals surface area contributed by atoms with Crippen LogP contribution in [0.15, 0.2) is 12.2 Å². The number of nitrogens with zero attached hydrogens (tertiary/aromatic N) is 1. The van der Waals surface area contributed by atoms with Gasteiger partial charge in [-0.1, -0.05) is 25.0 Å². The monoisotopic (exact) mass is 264 g/mol. The second kappa shape index (κ2) is 5.53. The molecule has 1 saturated heterocycles. The fourth-order valence-corrected chi connectivity index (χ4v) is 3.53. The lowest BCUT2D eigenvalue weighted by atomic mass is 9.99.